The number of nitrogens with one attached hydrogen (secondary N) is 1. The van der Waals surface area contributed by atoms with E-state index in [4.69, 9.17) is 4.42 Å². The number of likely N-dealkylation sites (N-methyl/N-ethyl adjacent to an activating group) is 1. The Labute approximate surface area is 122 Å². The van der Waals surface area contributed by atoms with Gasteiger partial charge in [0.25, 0.3) is 0 Å². The van der Waals surface area contributed by atoms with Crippen LogP contribution in [0.2, 0.25) is 0 Å². The van der Waals surface area contributed by atoms with Crippen molar-refractivity contribution in [2.75, 3.05) is 6.54 Å². The van der Waals surface area contributed by atoms with Crippen molar-refractivity contribution in [3.63, 3.8) is 0 Å². The van der Waals surface area contributed by atoms with Gasteiger partial charge >= 0.3 is 0 Å². The van der Waals surface area contributed by atoms with Gasteiger partial charge < -0.3 is 9.73 Å². The zero-order valence-electron chi connectivity index (χ0n) is 13.0. The van der Waals surface area contributed by atoms with Gasteiger partial charge in [-0.25, -0.2) is 0 Å². The monoisotopic (exact) mass is 271 g/mol. The molecule has 0 bridgehead atoms. The molecular formula is C18H25NO. The third-order valence-corrected chi connectivity index (χ3v) is 3.78. The zero-order valence-corrected chi connectivity index (χ0v) is 13.0. The first-order valence-electron chi connectivity index (χ1n) is 7.52. The molecule has 2 heteroatoms. The van der Waals surface area contributed by atoms with Crippen LogP contribution in [0.1, 0.15) is 48.1 Å². The molecule has 0 saturated heterocycles. The minimum atomic E-state index is 0.324. The SMILES string of the molecule is CCNC(Cc1ccc(CC)cc1)c1cc(C)oc1C. The van der Waals surface area contributed by atoms with Gasteiger partial charge in [0.2, 0.25) is 0 Å². The highest BCUT2D eigenvalue weighted by molar-refractivity contribution is 5.29. The lowest BCUT2D eigenvalue weighted by Crippen LogP contribution is -2.23. The minimum Gasteiger partial charge on any atom is -0.466 e. The molecule has 1 aromatic carbocycles. The van der Waals surface area contributed by atoms with Crippen molar-refractivity contribution in [3.8, 4) is 0 Å². The third kappa shape index (κ3) is 3.51. The molecule has 0 aliphatic heterocycles. The topological polar surface area (TPSA) is 25.2 Å². The Hall–Kier alpha value is -1.54. The van der Waals surface area contributed by atoms with Gasteiger partial charge in [0.05, 0.1) is 0 Å². The van der Waals surface area contributed by atoms with Crippen LogP contribution in [0.4, 0.5) is 0 Å². The van der Waals surface area contributed by atoms with Crippen LogP contribution >= 0.6 is 0 Å². The number of hydrogen-bond acceptors (Lipinski definition) is 2. The van der Waals surface area contributed by atoms with E-state index in [1.807, 2.05) is 13.8 Å². The molecule has 2 aromatic rings. The Kier molecular flexibility index (Phi) is 5.02. The number of furan rings is 1. The van der Waals surface area contributed by atoms with Crippen molar-refractivity contribution < 1.29 is 4.42 Å². The van der Waals surface area contributed by atoms with Crippen LogP contribution in [0.3, 0.4) is 0 Å². The highest BCUT2D eigenvalue weighted by Crippen LogP contribution is 2.25. The Balaban J connectivity index is 2.18. The summed E-state index contributed by atoms with van der Waals surface area (Å²) in [5, 5.41) is 3.57. The van der Waals surface area contributed by atoms with Crippen molar-refractivity contribution >= 4 is 0 Å². The molecule has 1 heterocycles. The first-order valence-corrected chi connectivity index (χ1v) is 7.52. The van der Waals surface area contributed by atoms with Crippen LogP contribution in [0.25, 0.3) is 0 Å². The molecule has 0 radical (unpaired) electrons. The second-order valence-electron chi connectivity index (χ2n) is 5.35. The quantitative estimate of drug-likeness (QED) is 0.845. The number of hydrogen-bond donors (Lipinski definition) is 1. The number of benzene rings is 1. The van der Waals surface area contributed by atoms with E-state index in [0.717, 1.165) is 30.9 Å². The van der Waals surface area contributed by atoms with Crippen LogP contribution in [-0.2, 0) is 12.8 Å². The largest absolute Gasteiger partial charge is 0.466 e. The molecule has 0 amide bonds. The fourth-order valence-corrected chi connectivity index (χ4v) is 2.68. The van der Waals surface area contributed by atoms with E-state index >= 15 is 0 Å². The molecule has 0 saturated carbocycles. The Morgan fingerprint density at radius 3 is 2.20 bits per heavy atom. The van der Waals surface area contributed by atoms with E-state index in [9.17, 15) is 0 Å². The fourth-order valence-electron chi connectivity index (χ4n) is 2.68. The first kappa shape index (κ1) is 14.9. The van der Waals surface area contributed by atoms with Crippen LogP contribution in [-0.4, -0.2) is 6.54 Å². The molecular weight excluding hydrogens is 246 g/mol. The average Bonchev–Trinajstić information content (AvgIpc) is 2.78. The summed E-state index contributed by atoms with van der Waals surface area (Å²) in [7, 11) is 0. The molecule has 1 unspecified atom stereocenters. The maximum absolute atomic E-state index is 5.68. The predicted octanol–water partition coefficient (Wildman–Crippen LogP) is 4.35. The second kappa shape index (κ2) is 6.76. The van der Waals surface area contributed by atoms with Crippen LogP contribution in [0.15, 0.2) is 34.7 Å². The van der Waals surface area contributed by atoms with Gasteiger partial charge in [-0.15, -0.1) is 0 Å². The molecule has 20 heavy (non-hydrogen) atoms. The lowest BCUT2D eigenvalue weighted by molar-refractivity contribution is 0.484. The highest BCUT2D eigenvalue weighted by atomic mass is 16.3. The van der Waals surface area contributed by atoms with E-state index in [1.54, 1.807) is 0 Å². The third-order valence-electron chi connectivity index (χ3n) is 3.78. The van der Waals surface area contributed by atoms with Crippen molar-refractivity contribution in [2.24, 2.45) is 0 Å². The molecule has 1 atom stereocenters. The van der Waals surface area contributed by atoms with E-state index in [-0.39, 0.29) is 0 Å². The summed E-state index contributed by atoms with van der Waals surface area (Å²) in [5.41, 5.74) is 4.04. The summed E-state index contributed by atoms with van der Waals surface area (Å²) in [4.78, 5) is 0. The summed E-state index contributed by atoms with van der Waals surface area (Å²) in [6.45, 7) is 9.35. The van der Waals surface area contributed by atoms with Gasteiger partial charge in [-0.1, -0.05) is 38.1 Å². The molecule has 0 fully saturated rings. The van der Waals surface area contributed by atoms with Crippen LogP contribution in [0.5, 0.6) is 0 Å². The highest BCUT2D eigenvalue weighted by Gasteiger charge is 2.16. The van der Waals surface area contributed by atoms with E-state index in [1.165, 1.54) is 16.7 Å². The normalized spacial score (nSPS) is 12.6. The smallest absolute Gasteiger partial charge is 0.105 e. The molecule has 0 aliphatic carbocycles. The van der Waals surface area contributed by atoms with Gasteiger partial charge in [0.15, 0.2) is 0 Å². The van der Waals surface area contributed by atoms with Crippen LogP contribution < -0.4 is 5.32 Å². The van der Waals surface area contributed by atoms with E-state index in [2.05, 4.69) is 49.5 Å². The lowest BCUT2D eigenvalue weighted by Gasteiger charge is -2.17. The van der Waals surface area contributed by atoms with Gasteiger partial charge in [0.1, 0.15) is 11.5 Å². The molecule has 2 rings (SSSR count). The molecule has 2 nitrogen and oxygen atoms in total. The fraction of sp³-hybridized carbons (Fsp3) is 0.444. The first-order chi connectivity index (χ1) is 9.63. The van der Waals surface area contributed by atoms with Crippen molar-refractivity contribution in [2.45, 2.75) is 46.6 Å². The molecule has 108 valence electrons. The van der Waals surface area contributed by atoms with Crippen molar-refractivity contribution in [1.29, 1.82) is 0 Å². The van der Waals surface area contributed by atoms with Gasteiger partial charge in [0, 0.05) is 11.6 Å². The number of aryl methyl sites for hydroxylation is 3. The second-order valence-corrected chi connectivity index (χ2v) is 5.35. The maximum Gasteiger partial charge on any atom is 0.105 e. The van der Waals surface area contributed by atoms with Gasteiger partial charge in [-0.3, -0.25) is 0 Å². The molecule has 0 aliphatic rings. The Bertz CT molecular complexity index is 539. The Morgan fingerprint density at radius 2 is 1.70 bits per heavy atom. The lowest BCUT2D eigenvalue weighted by atomic mass is 9.98. The van der Waals surface area contributed by atoms with E-state index in [0.29, 0.717) is 6.04 Å². The summed E-state index contributed by atoms with van der Waals surface area (Å²) >= 11 is 0. The summed E-state index contributed by atoms with van der Waals surface area (Å²) in [6.07, 6.45) is 2.09. The van der Waals surface area contributed by atoms with Gasteiger partial charge in [-0.05, 0) is 50.4 Å². The maximum atomic E-state index is 5.68. The van der Waals surface area contributed by atoms with Crippen LogP contribution in [0, 0.1) is 13.8 Å². The average molecular weight is 271 g/mol. The summed E-state index contributed by atoms with van der Waals surface area (Å²) < 4.78 is 5.68. The van der Waals surface area contributed by atoms with Gasteiger partial charge in [-0.2, -0.15) is 0 Å². The number of rotatable bonds is 6. The molecule has 0 spiro atoms. The zero-order chi connectivity index (χ0) is 14.5. The predicted molar refractivity (Wildman–Crippen MR) is 84.1 cm³/mol. The summed E-state index contributed by atoms with van der Waals surface area (Å²) in [5.74, 6) is 2.01. The van der Waals surface area contributed by atoms with Crippen molar-refractivity contribution in [1.82, 2.24) is 5.32 Å². The summed E-state index contributed by atoms with van der Waals surface area (Å²) in [6, 6.07) is 11.4. The standard InChI is InChI=1S/C18H25NO/c1-5-15-7-9-16(10-8-15)12-18(19-6-2)17-11-13(3)20-14(17)4/h7-11,18-19H,5-6,12H2,1-4H3. The molecule has 1 aromatic heterocycles. The van der Waals surface area contributed by atoms with Crippen molar-refractivity contribution in [3.05, 3.63) is 58.5 Å². The molecule has 1 N–H and O–H groups in total. The Morgan fingerprint density at radius 1 is 1.05 bits per heavy atom. The minimum absolute atomic E-state index is 0.324. The van der Waals surface area contributed by atoms with E-state index < -0.39 is 0 Å².